The van der Waals surface area contributed by atoms with Gasteiger partial charge in [0.1, 0.15) is 29.9 Å². The Bertz CT molecular complexity index is 3320. The first kappa shape index (κ1) is 68.6. The monoisotopic (exact) mass is 1280 g/mol. The first-order chi connectivity index (χ1) is 43.9. The van der Waals surface area contributed by atoms with Crippen LogP contribution in [-0.2, 0) is 47.4 Å². The number of rotatable bonds is 26. The number of benzene rings is 5. The summed E-state index contributed by atoms with van der Waals surface area (Å²) in [5, 5.41) is 10.3. The number of unbranched alkanes of at least 4 members (excludes halogenated alkanes) is 2. The summed E-state index contributed by atoms with van der Waals surface area (Å²) in [6, 6.07) is 37.6. The van der Waals surface area contributed by atoms with E-state index in [0.29, 0.717) is 112 Å². The van der Waals surface area contributed by atoms with Crippen LogP contribution in [0.1, 0.15) is 136 Å². The van der Waals surface area contributed by atoms with Gasteiger partial charge in [0, 0.05) is 58.9 Å². The van der Waals surface area contributed by atoms with Gasteiger partial charge < -0.3 is 35.8 Å². The summed E-state index contributed by atoms with van der Waals surface area (Å²) in [7, 11) is 4.75. The van der Waals surface area contributed by atoms with Crippen molar-refractivity contribution in [2.75, 3.05) is 47.4 Å². The van der Waals surface area contributed by atoms with Crippen molar-refractivity contribution < 1.29 is 52.7 Å². The standard InChI is InChI=1S/C39H46N4O6S.C31H38N4O5S/c1-26-20-22-42(33(35(44)40-2)24-27-11-5-4-6-12-27)39(48)32(23-26)41-36(45)34(50-25-28-16-18-29(49-3)19-17-28)15-9-10-21-43-37(46)30-13-7-8-14-31(30)38(43)47;1-20-15-17-34(25(27(36)32-2)19-21-10-4-3-5-11-21)31(40)24(18-20)33-28(37)26(41)14-8-9-16-35-29(38)22-12-6-7-13-23(22)30(35)39/h4-8,11-14,16-19,26,32-34H,9-10,15,20-25H2,1-3H3,(H,40,44)(H,41,45);3-7,10-13,20,24-26,41H,8-9,14-19H2,1-2H3,(H,32,36)(H,33,37)/t26-,32?,33-,34?;20-,24?,25-,26?/m00/s1. The predicted octanol–water partition coefficient (Wildman–Crippen LogP) is 7.72. The SMILES string of the molecule is CNC(=O)[C@H](Cc1ccccc1)N1CC[C@H](C)CC(NC(=O)C(CCCCN2C(=O)c3ccccc3C2=O)SCc2ccc(OC)cc2)C1=O.CNC(=O)[C@H](Cc1ccccc1)N1CC[C@H](C)CC(NC(=O)C(S)CCCCN2C(=O)c3ccccc3C2=O)C1=O. The molecule has 0 spiro atoms. The maximum absolute atomic E-state index is 14.1. The Labute approximate surface area is 542 Å². The van der Waals surface area contributed by atoms with Gasteiger partial charge in [-0.05, 0) is 116 Å². The van der Waals surface area contributed by atoms with Crippen LogP contribution in [0.3, 0.4) is 0 Å². The molecular formula is C70H84N8O11S2. The molecule has 2 fully saturated rings. The number of thiol groups is 1. The first-order valence-electron chi connectivity index (χ1n) is 31.5. The molecule has 5 aromatic carbocycles. The van der Waals surface area contributed by atoms with Crippen LogP contribution in [0.15, 0.2) is 133 Å². The largest absolute Gasteiger partial charge is 0.497 e. The molecule has 9 rings (SSSR count). The van der Waals surface area contributed by atoms with Crippen molar-refractivity contribution in [2.45, 2.75) is 131 Å². The molecule has 0 radical (unpaired) electrons. The molecule has 4 heterocycles. The Morgan fingerprint density at radius 1 is 0.516 bits per heavy atom. The van der Waals surface area contributed by atoms with Crippen molar-refractivity contribution in [3.8, 4) is 5.75 Å². The van der Waals surface area contributed by atoms with E-state index in [1.54, 1.807) is 79.5 Å². The Balaban J connectivity index is 0.000000239. The van der Waals surface area contributed by atoms with Crippen molar-refractivity contribution in [1.82, 2.24) is 40.9 Å². The zero-order valence-corrected chi connectivity index (χ0v) is 54.2. The van der Waals surface area contributed by atoms with Crippen molar-refractivity contribution in [1.29, 1.82) is 0 Å². The Morgan fingerprint density at radius 3 is 1.32 bits per heavy atom. The lowest BCUT2D eigenvalue weighted by molar-refractivity contribution is -0.142. The van der Waals surface area contributed by atoms with E-state index in [0.717, 1.165) is 28.9 Å². The molecule has 4 unspecified atom stereocenters. The number of carbonyl (C=O) groups excluding carboxylic acids is 10. The number of methoxy groups -OCH3 is 1. The number of thioether (sulfide) groups is 1. The molecule has 8 atom stereocenters. The predicted molar refractivity (Wildman–Crippen MR) is 352 cm³/mol. The summed E-state index contributed by atoms with van der Waals surface area (Å²) in [6.07, 6.45) is 6.31. The summed E-state index contributed by atoms with van der Waals surface area (Å²) in [5.74, 6) is -1.12. The Morgan fingerprint density at radius 2 is 0.912 bits per heavy atom. The number of hydrogen-bond acceptors (Lipinski definition) is 13. The van der Waals surface area contributed by atoms with E-state index in [1.165, 1.54) is 21.6 Å². The van der Waals surface area contributed by atoms with Crippen LogP contribution in [0.2, 0.25) is 0 Å². The van der Waals surface area contributed by atoms with Crippen molar-refractivity contribution in [2.24, 2.45) is 11.8 Å². The number of imide groups is 2. The van der Waals surface area contributed by atoms with Crippen molar-refractivity contribution in [3.05, 3.63) is 172 Å². The maximum Gasteiger partial charge on any atom is 0.261 e. The molecule has 5 aromatic rings. The minimum Gasteiger partial charge on any atom is -0.497 e. The highest BCUT2D eigenvalue weighted by Crippen LogP contribution is 2.30. The molecular weight excluding hydrogens is 1190 g/mol. The summed E-state index contributed by atoms with van der Waals surface area (Å²) in [4.78, 5) is 138. The number of likely N-dealkylation sites (N-methyl/N-ethyl adjacent to an activating group) is 2. The molecule has 4 N–H and O–H groups in total. The van der Waals surface area contributed by atoms with Gasteiger partial charge in [-0.25, -0.2) is 0 Å². The van der Waals surface area contributed by atoms with Crippen LogP contribution >= 0.6 is 24.4 Å². The van der Waals surface area contributed by atoms with E-state index in [1.807, 2.05) is 91.9 Å². The van der Waals surface area contributed by atoms with Gasteiger partial charge in [-0.3, -0.25) is 57.7 Å². The second-order valence-electron chi connectivity index (χ2n) is 23.9. The number of amides is 10. The van der Waals surface area contributed by atoms with E-state index in [9.17, 15) is 47.9 Å². The van der Waals surface area contributed by atoms with Gasteiger partial charge in [0.2, 0.25) is 35.4 Å². The number of likely N-dealkylation sites (tertiary alicyclic amines) is 2. The number of nitrogens with one attached hydrogen (secondary N) is 4. The van der Waals surface area contributed by atoms with Crippen LogP contribution in [0, 0.1) is 11.8 Å². The highest BCUT2D eigenvalue weighted by atomic mass is 32.2. The molecule has 0 saturated carbocycles. The Kier molecular flexibility index (Phi) is 25.0. The number of ether oxygens (including phenoxy) is 1. The van der Waals surface area contributed by atoms with E-state index < -0.39 is 34.7 Å². The topological polar surface area (TPSA) is 241 Å². The second-order valence-corrected chi connectivity index (χ2v) is 25.7. The van der Waals surface area contributed by atoms with Crippen LogP contribution in [-0.4, -0.2) is 161 Å². The van der Waals surface area contributed by atoms with Crippen LogP contribution in [0.25, 0.3) is 0 Å². The van der Waals surface area contributed by atoms with Crippen molar-refractivity contribution in [3.63, 3.8) is 0 Å². The Hall–Kier alpha value is -8.30. The fourth-order valence-electron chi connectivity index (χ4n) is 12.1. The first-order valence-corrected chi connectivity index (χ1v) is 33.0. The molecule has 4 aliphatic rings. The number of carbonyl (C=O) groups is 10. The summed E-state index contributed by atoms with van der Waals surface area (Å²) in [6.45, 7) is 5.49. The molecule has 0 aromatic heterocycles. The molecule has 21 heteroatoms. The third kappa shape index (κ3) is 17.8. The average molecular weight is 1280 g/mol. The van der Waals surface area contributed by atoms with E-state index in [2.05, 4.69) is 40.8 Å². The molecule has 4 aliphatic heterocycles. The lowest BCUT2D eigenvalue weighted by atomic mass is 10.00. The summed E-state index contributed by atoms with van der Waals surface area (Å²) >= 11 is 5.98. The minimum atomic E-state index is -0.773. The van der Waals surface area contributed by atoms with Gasteiger partial charge in [-0.15, -0.1) is 11.8 Å². The fourth-order valence-corrected chi connectivity index (χ4v) is 13.5. The van der Waals surface area contributed by atoms with Gasteiger partial charge >= 0.3 is 0 Å². The van der Waals surface area contributed by atoms with E-state index in [4.69, 9.17) is 4.74 Å². The average Bonchev–Trinajstić information content (AvgIpc) is 1.69. The van der Waals surface area contributed by atoms with Crippen molar-refractivity contribution >= 4 is 83.5 Å². The second kappa shape index (κ2) is 33.1. The lowest BCUT2D eigenvalue weighted by Crippen LogP contribution is -2.56. The van der Waals surface area contributed by atoms with E-state index >= 15 is 0 Å². The highest BCUT2D eigenvalue weighted by Gasteiger charge is 2.41. The van der Waals surface area contributed by atoms with E-state index in [-0.39, 0.29) is 84.0 Å². The molecule has 19 nitrogen and oxygen atoms in total. The normalized spacial score (nSPS) is 19.4. The smallest absolute Gasteiger partial charge is 0.261 e. The minimum absolute atomic E-state index is 0.154. The molecule has 91 heavy (non-hydrogen) atoms. The van der Waals surface area contributed by atoms with Gasteiger partial charge in [0.25, 0.3) is 23.6 Å². The lowest BCUT2D eigenvalue weighted by Gasteiger charge is -2.32. The fraction of sp³-hybridized carbons (Fsp3) is 0.429. The van der Waals surface area contributed by atoms with Gasteiger partial charge in [0.05, 0.1) is 39.9 Å². The van der Waals surface area contributed by atoms with Gasteiger partial charge in [-0.2, -0.15) is 12.6 Å². The van der Waals surface area contributed by atoms with Crippen LogP contribution in [0.4, 0.5) is 0 Å². The molecule has 10 amide bonds. The van der Waals surface area contributed by atoms with Gasteiger partial charge in [0.15, 0.2) is 0 Å². The highest BCUT2D eigenvalue weighted by molar-refractivity contribution is 7.99. The summed E-state index contributed by atoms with van der Waals surface area (Å²) in [5.41, 5.74) is 4.60. The third-order valence-electron chi connectivity index (χ3n) is 17.4. The molecule has 0 bridgehead atoms. The van der Waals surface area contributed by atoms with Crippen LogP contribution < -0.4 is 26.0 Å². The zero-order valence-electron chi connectivity index (χ0n) is 52.5. The number of hydrogen-bond donors (Lipinski definition) is 5. The molecule has 0 aliphatic carbocycles. The van der Waals surface area contributed by atoms with Gasteiger partial charge in [-0.1, -0.05) is 124 Å². The molecule has 482 valence electrons. The van der Waals surface area contributed by atoms with Crippen LogP contribution in [0.5, 0.6) is 5.75 Å². The molecule has 2 saturated heterocycles. The number of fused-ring (bicyclic) bond motifs is 2. The zero-order chi connectivity index (χ0) is 65.1. The quantitative estimate of drug-likeness (QED) is 0.0203. The summed E-state index contributed by atoms with van der Waals surface area (Å²) < 4.78 is 5.29. The maximum atomic E-state index is 14.1. The third-order valence-corrected chi connectivity index (χ3v) is 19.2. The number of nitrogens with zero attached hydrogens (tertiary/aromatic N) is 4.